The maximum absolute atomic E-state index is 5.49. The normalized spacial score (nSPS) is 12.9. The lowest BCUT2D eigenvalue weighted by molar-refractivity contribution is 3.72. The Labute approximate surface area is 70.9 Å². The van der Waals surface area contributed by atoms with E-state index in [0.717, 1.165) is 0 Å². The van der Waals surface area contributed by atoms with Gasteiger partial charge in [0.2, 0.25) is 0 Å². The summed E-state index contributed by atoms with van der Waals surface area (Å²) in [7, 11) is 0. The third-order valence-corrected chi connectivity index (χ3v) is 24.9. The highest BCUT2D eigenvalue weighted by molar-refractivity contribution is 9.31. The van der Waals surface area contributed by atoms with E-state index >= 15 is 0 Å². The maximum atomic E-state index is 5.49. The van der Waals surface area contributed by atoms with Crippen molar-refractivity contribution in [3.63, 3.8) is 0 Å². The van der Waals surface area contributed by atoms with Gasteiger partial charge in [0.05, 0.1) is 0 Å². The summed E-state index contributed by atoms with van der Waals surface area (Å²) >= 11 is 24.8. The molecule has 0 rings (SSSR count). The highest BCUT2D eigenvalue weighted by Gasteiger charge is 2.34. The molecule has 0 bridgehead atoms. The van der Waals surface area contributed by atoms with Crippen LogP contribution in [0.15, 0.2) is 0 Å². The van der Waals surface area contributed by atoms with E-state index in [9.17, 15) is 0 Å². The van der Waals surface area contributed by atoms with E-state index in [0.29, 0.717) is 0 Å². The second-order valence-electron chi connectivity index (χ2n) is 0.842. The van der Waals surface area contributed by atoms with E-state index in [2.05, 4.69) is 15.3 Å². The van der Waals surface area contributed by atoms with Gasteiger partial charge in [-0.1, -0.05) is 15.3 Å². The molecule has 0 amide bonds. The molecule has 7 heavy (non-hydrogen) atoms. The molecular weight excluding hydrogens is 278 g/mol. The molecule has 0 aliphatic heterocycles. The van der Waals surface area contributed by atoms with Crippen molar-refractivity contribution < 1.29 is 0 Å². The van der Waals surface area contributed by atoms with Gasteiger partial charge in [-0.15, -0.1) is 44.3 Å². The van der Waals surface area contributed by atoms with E-state index in [1.165, 1.54) is 0 Å². The third kappa shape index (κ3) is 4.57. The molecule has 0 spiro atoms. The highest BCUT2D eigenvalue weighted by Crippen LogP contribution is 2.29. The van der Waals surface area contributed by atoms with Crippen molar-refractivity contribution in [1.82, 2.24) is 0 Å². The minimum absolute atomic E-state index is 1.83. The van der Waals surface area contributed by atoms with Gasteiger partial charge in [0.1, 0.15) is 0 Å². The number of hydrogen-bond acceptors (Lipinski definition) is 0. The SMILES string of the molecule is Cl[SiH](Cl)[Si](Cl)(Cl)Br. The van der Waals surface area contributed by atoms with Crippen molar-refractivity contribution in [2.75, 3.05) is 0 Å². The molecule has 0 aliphatic rings. The molecule has 7 heteroatoms. The van der Waals surface area contributed by atoms with E-state index in [1.54, 1.807) is 0 Å². The average Bonchev–Trinajstić information content (AvgIpc) is 1.31. The molecule has 0 nitrogen and oxygen atoms in total. The molecule has 0 unspecified atom stereocenters. The van der Waals surface area contributed by atoms with Crippen LogP contribution in [0.5, 0.6) is 0 Å². The van der Waals surface area contributed by atoms with Crippen LogP contribution < -0.4 is 0 Å². The minimum Gasteiger partial charge on any atom is -0.150 e. The van der Waals surface area contributed by atoms with Gasteiger partial charge in [0.25, 0.3) is 6.93 Å². The average molecular weight is 279 g/mol. The lowest BCUT2D eigenvalue weighted by Gasteiger charge is -2.03. The van der Waals surface area contributed by atoms with Crippen molar-refractivity contribution in [2.24, 2.45) is 0 Å². The van der Waals surface area contributed by atoms with Gasteiger partial charge in [-0.25, -0.2) is 0 Å². The molecule has 0 aromatic heterocycles. The first-order valence-electron chi connectivity index (χ1n) is 1.29. The monoisotopic (exact) mass is 276 g/mol. The molecular formula is HBrCl4Si2. The Hall–Kier alpha value is 2.07. The first-order chi connectivity index (χ1) is 2.94. The van der Waals surface area contributed by atoms with Crippen molar-refractivity contribution in [3.8, 4) is 0 Å². The largest absolute Gasteiger partial charge is 0.332 e. The fraction of sp³-hybridized carbons (Fsp3) is 0. The summed E-state index contributed by atoms with van der Waals surface area (Å²) in [4.78, 5) is -2.31. The van der Waals surface area contributed by atoms with Crippen LogP contribution in [-0.2, 0) is 0 Å². The molecule has 0 aromatic rings. The lowest BCUT2D eigenvalue weighted by Crippen LogP contribution is -2.24. The lowest BCUT2D eigenvalue weighted by atomic mass is 26.8. The molecule has 0 N–H and O–H groups in total. The van der Waals surface area contributed by atoms with Crippen LogP contribution in [-0.4, -0.2) is 11.8 Å². The smallest absolute Gasteiger partial charge is 0.150 e. The number of rotatable bonds is 1. The van der Waals surface area contributed by atoms with Crippen LogP contribution in [0.25, 0.3) is 0 Å². The predicted octanol–water partition coefficient (Wildman–Crippen LogP) is 2.57. The first kappa shape index (κ1) is 9.07. The fourth-order valence-corrected chi connectivity index (χ4v) is 0. The van der Waals surface area contributed by atoms with Crippen molar-refractivity contribution in [1.29, 1.82) is 0 Å². The molecule has 0 saturated heterocycles. The van der Waals surface area contributed by atoms with Crippen LogP contribution >= 0.6 is 59.6 Å². The van der Waals surface area contributed by atoms with Crippen molar-refractivity contribution in [2.45, 2.75) is 0 Å². The predicted molar refractivity (Wildman–Crippen MR) is 45.2 cm³/mol. The van der Waals surface area contributed by atoms with Crippen LogP contribution in [0.4, 0.5) is 0 Å². The summed E-state index contributed by atoms with van der Waals surface area (Å²) in [5, 5.41) is 0. The molecule has 0 radical (unpaired) electrons. The molecule has 0 aromatic carbocycles. The van der Waals surface area contributed by atoms with Gasteiger partial charge < -0.3 is 0 Å². The van der Waals surface area contributed by atoms with E-state index < -0.39 is 11.8 Å². The first-order valence-corrected chi connectivity index (χ1v) is 12.9. The van der Waals surface area contributed by atoms with Crippen molar-refractivity contribution >= 4 is 71.4 Å². The summed E-state index contributed by atoms with van der Waals surface area (Å²) in [6, 6.07) is 0. The number of halogens is 5. The summed E-state index contributed by atoms with van der Waals surface area (Å²) in [6.07, 6.45) is 0. The Morgan fingerprint density at radius 2 is 1.43 bits per heavy atom. The third-order valence-electron chi connectivity index (χ3n) is 0.247. The Bertz CT molecular complexity index is 55.2. The van der Waals surface area contributed by atoms with Gasteiger partial charge in [0.15, 0.2) is 0 Å². The molecule has 44 valence electrons. The molecule has 0 fully saturated rings. The van der Waals surface area contributed by atoms with E-state index in [-0.39, 0.29) is 0 Å². The van der Waals surface area contributed by atoms with Gasteiger partial charge in [-0.2, -0.15) is 0 Å². The van der Waals surface area contributed by atoms with Crippen LogP contribution in [0.3, 0.4) is 0 Å². The Kier molecular flexibility index (Phi) is 4.27. The second-order valence-corrected chi connectivity index (χ2v) is 27.7. The summed E-state index contributed by atoms with van der Waals surface area (Å²) < 4.78 is 0. The van der Waals surface area contributed by atoms with E-state index in [1.807, 2.05) is 0 Å². The zero-order valence-electron chi connectivity index (χ0n) is 2.97. The van der Waals surface area contributed by atoms with E-state index in [4.69, 9.17) is 44.3 Å². The second kappa shape index (κ2) is 3.29. The van der Waals surface area contributed by atoms with Gasteiger partial charge >= 0.3 is 4.83 Å². The fourth-order valence-electron chi connectivity index (χ4n) is 0. The molecule has 0 aliphatic carbocycles. The maximum Gasteiger partial charge on any atom is 0.332 e. The Balaban J connectivity index is 3.54. The minimum atomic E-state index is -2.31. The topological polar surface area (TPSA) is 0 Å². The molecule has 0 atom stereocenters. The Morgan fingerprint density at radius 3 is 1.43 bits per heavy atom. The number of hydrogen-bond donors (Lipinski definition) is 0. The molecule has 0 heterocycles. The highest BCUT2D eigenvalue weighted by atomic mass is 79.9. The Morgan fingerprint density at radius 1 is 1.29 bits per heavy atom. The summed E-state index contributed by atoms with van der Waals surface area (Å²) in [6.45, 7) is -1.83. The summed E-state index contributed by atoms with van der Waals surface area (Å²) in [5.74, 6) is 0. The molecule has 0 saturated carbocycles. The van der Waals surface area contributed by atoms with Gasteiger partial charge in [0, 0.05) is 0 Å². The zero-order chi connectivity index (χ0) is 6.08. The van der Waals surface area contributed by atoms with Crippen LogP contribution in [0.1, 0.15) is 0 Å². The zero-order valence-corrected chi connectivity index (χ0v) is 9.73. The van der Waals surface area contributed by atoms with Gasteiger partial charge in [-0.3, -0.25) is 0 Å². The van der Waals surface area contributed by atoms with Gasteiger partial charge in [-0.05, 0) is 0 Å². The van der Waals surface area contributed by atoms with Crippen LogP contribution in [0.2, 0.25) is 0 Å². The quantitative estimate of drug-likeness (QED) is 0.511. The van der Waals surface area contributed by atoms with Crippen LogP contribution in [0, 0.1) is 0 Å². The standard InChI is InChI=1S/BrCl4HSi2/c1-7(4,5)6(2)3/h6H. The van der Waals surface area contributed by atoms with Crippen molar-refractivity contribution in [3.05, 3.63) is 0 Å². The summed E-state index contributed by atoms with van der Waals surface area (Å²) in [5.41, 5.74) is 0.